The molecule has 45 heavy (non-hydrogen) atoms. The fourth-order valence-corrected chi connectivity index (χ4v) is 7.47. The molecule has 0 amide bonds. The van der Waals surface area contributed by atoms with Crippen LogP contribution in [0.15, 0.2) is 133 Å². The van der Waals surface area contributed by atoms with E-state index in [1.54, 1.807) is 0 Å². The molecule has 1 aliphatic heterocycles. The van der Waals surface area contributed by atoms with E-state index in [0.717, 1.165) is 38.3 Å². The minimum atomic E-state index is -1.85. The number of aryl methyl sites for hydroxylation is 2. The van der Waals surface area contributed by atoms with Crippen LogP contribution in [-0.2, 0) is 33.2 Å². The van der Waals surface area contributed by atoms with Crippen molar-refractivity contribution in [3.05, 3.63) is 174 Å². The topological polar surface area (TPSA) is 9.72 Å². The summed E-state index contributed by atoms with van der Waals surface area (Å²) < 4.78 is 2.03. The Hall–Kier alpha value is -3.27. The second-order valence-corrected chi connectivity index (χ2v) is 16.9. The zero-order chi connectivity index (χ0) is 31.4. The number of anilines is 2. The third-order valence-corrected chi connectivity index (χ3v) is 9.68. The summed E-state index contributed by atoms with van der Waals surface area (Å²) in [6.07, 6.45) is 0. The van der Waals surface area contributed by atoms with Crippen molar-refractivity contribution in [2.75, 3.05) is 22.9 Å². The predicted octanol–water partition coefficient (Wildman–Crippen LogP) is 9.71. The molecule has 0 spiro atoms. The van der Waals surface area contributed by atoms with E-state index < -0.39 is 13.5 Å². The first kappa shape index (κ1) is 33.1. The van der Waals surface area contributed by atoms with Crippen LogP contribution < -0.4 is 9.80 Å². The van der Waals surface area contributed by atoms with Gasteiger partial charge in [-0.2, -0.15) is 6.67 Å². The summed E-state index contributed by atoms with van der Waals surface area (Å²) in [7, 11) is 12.2. The Kier molecular flexibility index (Phi) is 12.4. The number of benzene rings is 5. The van der Waals surface area contributed by atoms with Gasteiger partial charge in [0.05, 0.1) is 0 Å². The first-order valence-electron chi connectivity index (χ1n) is 15.2. The Balaban J connectivity index is 0.000000186. The Bertz CT molecular complexity index is 1580. The van der Waals surface area contributed by atoms with Crippen molar-refractivity contribution in [3.63, 3.8) is 0 Å². The number of para-hydroxylation sites is 2. The van der Waals surface area contributed by atoms with Gasteiger partial charge in [-0.05, 0) is 37.1 Å². The average molecular weight is 723 g/mol. The SMILES string of the molecule is Cc1ccccc1N1[CH-]N(c2ccccc2C)CC1.[Cl][Ru]([Cl])=[CH]c1ccccc1CN(Cc1ccccc1)Cc1ccccc1. The number of nitrogens with zero attached hydrogens (tertiary/aromatic N) is 3. The van der Waals surface area contributed by atoms with E-state index in [-0.39, 0.29) is 0 Å². The maximum absolute atomic E-state index is 6.12. The molecule has 234 valence electrons. The van der Waals surface area contributed by atoms with Crippen LogP contribution in [0, 0.1) is 20.5 Å². The zero-order valence-electron chi connectivity index (χ0n) is 25.8. The Labute approximate surface area is 282 Å². The van der Waals surface area contributed by atoms with Crippen LogP contribution in [0.25, 0.3) is 0 Å². The van der Waals surface area contributed by atoms with E-state index in [2.05, 4.69) is 163 Å². The minimum absolute atomic E-state index is 0.853. The van der Waals surface area contributed by atoms with Gasteiger partial charge in [-0.25, -0.2) is 0 Å². The molecule has 0 bridgehead atoms. The van der Waals surface area contributed by atoms with Crippen molar-refractivity contribution in [1.82, 2.24) is 4.90 Å². The number of hydrogen-bond acceptors (Lipinski definition) is 3. The summed E-state index contributed by atoms with van der Waals surface area (Å²) >= 11 is -1.85. The van der Waals surface area contributed by atoms with E-state index in [1.165, 1.54) is 39.2 Å². The van der Waals surface area contributed by atoms with Gasteiger partial charge in [-0.3, -0.25) is 0 Å². The summed E-state index contributed by atoms with van der Waals surface area (Å²) in [5.41, 5.74) is 10.3. The van der Waals surface area contributed by atoms with Crippen molar-refractivity contribution < 1.29 is 13.5 Å². The van der Waals surface area contributed by atoms with Gasteiger partial charge in [0.25, 0.3) is 0 Å². The van der Waals surface area contributed by atoms with Crippen LogP contribution in [0.2, 0.25) is 0 Å². The molecule has 0 aromatic heterocycles. The predicted molar refractivity (Wildman–Crippen MR) is 190 cm³/mol. The van der Waals surface area contributed by atoms with Crippen molar-refractivity contribution >= 4 is 35.4 Å². The van der Waals surface area contributed by atoms with Crippen LogP contribution in [0.1, 0.15) is 33.4 Å². The van der Waals surface area contributed by atoms with E-state index >= 15 is 0 Å². The third-order valence-electron chi connectivity index (χ3n) is 7.84. The summed E-state index contributed by atoms with van der Waals surface area (Å²) in [6, 6.07) is 46.7. The molecule has 0 radical (unpaired) electrons. The maximum atomic E-state index is 6.12. The first-order chi connectivity index (χ1) is 22.0. The Morgan fingerprint density at radius 2 is 1.04 bits per heavy atom. The van der Waals surface area contributed by atoms with Gasteiger partial charge in [-0.1, -0.05) is 36.4 Å². The van der Waals surface area contributed by atoms with Crippen LogP contribution in [0.5, 0.6) is 0 Å². The summed E-state index contributed by atoms with van der Waals surface area (Å²) in [5.74, 6) is 0. The summed E-state index contributed by atoms with van der Waals surface area (Å²) in [4.78, 5) is 7.13. The second kappa shape index (κ2) is 16.9. The van der Waals surface area contributed by atoms with E-state index in [9.17, 15) is 0 Å². The fraction of sp³-hybridized carbons (Fsp3) is 0.179. The average Bonchev–Trinajstić information content (AvgIpc) is 3.53. The number of halogens is 2. The molecule has 0 aliphatic carbocycles. The molecule has 6 rings (SSSR count). The zero-order valence-corrected chi connectivity index (χ0v) is 29.1. The third kappa shape index (κ3) is 9.86. The van der Waals surface area contributed by atoms with Crippen molar-refractivity contribution in [3.8, 4) is 0 Å². The van der Waals surface area contributed by atoms with Gasteiger partial charge in [0.2, 0.25) is 0 Å². The van der Waals surface area contributed by atoms with Crippen LogP contribution in [-0.4, -0.2) is 22.6 Å². The molecule has 5 aromatic rings. The molecule has 0 saturated carbocycles. The van der Waals surface area contributed by atoms with Gasteiger partial charge in [0.15, 0.2) is 0 Å². The molecular weight excluding hydrogens is 682 g/mol. The Morgan fingerprint density at radius 3 is 1.53 bits per heavy atom. The van der Waals surface area contributed by atoms with Crippen LogP contribution in [0.3, 0.4) is 0 Å². The number of rotatable bonds is 9. The van der Waals surface area contributed by atoms with Crippen molar-refractivity contribution in [2.45, 2.75) is 33.5 Å². The summed E-state index contributed by atoms with van der Waals surface area (Å²) in [6.45, 7) is 11.3. The molecule has 0 atom stereocenters. The molecule has 1 heterocycles. The van der Waals surface area contributed by atoms with Crippen LogP contribution in [0.4, 0.5) is 11.4 Å². The molecule has 1 fully saturated rings. The van der Waals surface area contributed by atoms with Crippen LogP contribution >= 0.6 is 19.4 Å². The molecule has 0 unspecified atom stereocenters. The molecule has 6 heteroatoms. The standard InChI is InChI=1S/C22H21N.C17H19N2.2ClH.Ru/c1-19-10-8-9-15-22(19)18-23(16-20-11-4-2-5-12-20)17-21-13-6-3-7-14-21;1-14-7-3-5-9-16(14)18-11-12-19(13-18)17-10-6-4-8-15(17)2;;;/h1-15H,16-18H2;3-10,13H,11-12H2,1-2H3;2*1H;/q;-1;;;+2/p-2. The molecular formula is C39H40Cl2N3Ru-. The molecule has 0 N–H and O–H groups in total. The molecule has 1 saturated heterocycles. The van der Waals surface area contributed by atoms with Gasteiger partial charge in [0.1, 0.15) is 0 Å². The Morgan fingerprint density at radius 1 is 0.600 bits per heavy atom. The van der Waals surface area contributed by atoms with Crippen molar-refractivity contribution in [2.24, 2.45) is 0 Å². The molecule has 5 aromatic carbocycles. The van der Waals surface area contributed by atoms with Gasteiger partial charge in [-0.15, -0.1) is 0 Å². The van der Waals surface area contributed by atoms with Gasteiger partial charge in [0, 0.05) is 24.5 Å². The molecule has 1 aliphatic rings. The first-order valence-corrected chi connectivity index (χ1v) is 20.6. The second-order valence-electron chi connectivity index (χ2n) is 11.2. The monoisotopic (exact) mass is 722 g/mol. The number of hydrogen-bond donors (Lipinski definition) is 0. The molecule has 3 nitrogen and oxygen atoms in total. The van der Waals surface area contributed by atoms with E-state index in [0.29, 0.717) is 0 Å². The van der Waals surface area contributed by atoms with E-state index in [4.69, 9.17) is 19.4 Å². The summed E-state index contributed by atoms with van der Waals surface area (Å²) in [5, 5.41) is 0. The van der Waals surface area contributed by atoms with Gasteiger partial charge < -0.3 is 9.80 Å². The normalized spacial score (nSPS) is 13.0. The quantitative estimate of drug-likeness (QED) is 0.111. The van der Waals surface area contributed by atoms with Crippen molar-refractivity contribution in [1.29, 1.82) is 0 Å². The van der Waals surface area contributed by atoms with E-state index in [1.807, 2.05) is 10.7 Å². The van der Waals surface area contributed by atoms with Gasteiger partial charge >= 0.3 is 169 Å². The fourth-order valence-electron chi connectivity index (χ4n) is 5.59.